The molecule has 8 nitrogen and oxygen atoms in total. The van der Waals surface area contributed by atoms with Crippen LogP contribution in [0, 0.1) is 45.2 Å². The van der Waals surface area contributed by atoms with Gasteiger partial charge in [0.25, 0.3) is 5.56 Å². The van der Waals surface area contributed by atoms with Gasteiger partial charge < -0.3 is 14.8 Å². The third-order valence-corrected chi connectivity index (χ3v) is 7.21. The van der Waals surface area contributed by atoms with Gasteiger partial charge in [-0.25, -0.2) is 8.78 Å². The maximum atomic E-state index is 15.8. The molecule has 0 spiro atoms. The van der Waals surface area contributed by atoms with Crippen LogP contribution in [0.1, 0.15) is 79.3 Å². The van der Waals surface area contributed by atoms with Gasteiger partial charge in [-0.15, -0.1) is 0 Å². The van der Waals surface area contributed by atoms with Crippen LogP contribution in [0.2, 0.25) is 0 Å². The highest BCUT2D eigenvalue weighted by Gasteiger charge is 2.30. The fourth-order valence-corrected chi connectivity index (χ4v) is 5.36. The number of hydrogen-bond donors (Lipinski definition) is 1. The van der Waals surface area contributed by atoms with Gasteiger partial charge in [0, 0.05) is 18.2 Å². The average molecular weight is 596 g/mol. The minimum Gasteiger partial charge on any atom is -0.466 e. The molecule has 0 fully saturated rings. The minimum absolute atomic E-state index is 0.0270. The molecule has 1 aromatic heterocycles. The molecule has 1 amide bonds. The molecule has 1 N–H and O–H groups in total. The van der Waals surface area contributed by atoms with E-state index in [4.69, 9.17) is 4.74 Å². The molecule has 2 aromatic carbocycles. The SMILES string of the molecule is CCOC(=O)C[C@H](NC(=O)[C@H](CC(C)C)n1cc(CC=O)nc(C)c1=O)c1cc(-c2c(C)cc(F)cc2C)cc(C)c1F. The van der Waals surface area contributed by atoms with Crippen LogP contribution in [0.3, 0.4) is 0 Å². The average Bonchev–Trinajstić information content (AvgIpc) is 2.90. The zero-order valence-corrected chi connectivity index (χ0v) is 25.7. The first kappa shape index (κ1) is 33.3. The first-order valence-electron chi connectivity index (χ1n) is 14.3. The highest BCUT2D eigenvalue weighted by molar-refractivity contribution is 5.82. The molecule has 0 saturated carbocycles. The molecule has 0 bridgehead atoms. The van der Waals surface area contributed by atoms with Crippen LogP contribution in [0.5, 0.6) is 0 Å². The molecule has 3 rings (SSSR count). The van der Waals surface area contributed by atoms with Crippen molar-refractivity contribution in [1.29, 1.82) is 0 Å². The summed E-state index contributed by atoms with van der Waals surface area (Å²) in [6, 6.07) is 3.81. The number of ether oxygens (including phenoxy) is 1. The molecule has 0 saturated heterocycles. The quantitative estimate of drug-likeness (QED) is 0.217. The zero-order chi connectivity index (χ0) is 32.0. The number of nitrogens with one attached hydrogen (secondary N) is 1. The van der Waals surface area contributed by atoms with Crippen LogP contribution < -0.4 is 10.9 Å². The molecule has 3 aromatic rings. The summed E-state index contributed by atoms with van der Waals surface area (Å²) in [6.45, 7) is 12.1. The van der Waals surface area contributed by atoms with Crippen molar-refractivity contribution in [1.82, 2.24) is 14.9 Å². The third-order valence-electron chi connectivity index (χ3n) is 7.21. The highest BCUT2D eigenvalue weighted by Crippen LogP contribution is 2.34. The van der Waals surface area contributed by atoms with E-state index in [1.807, 2.05) is 13.8 Å². The summed E-state index contributed by atoms with van der Waals surface area (Å²) in [5.74, 6) is -2.28. The standard InChI is InChI=1S/C33H39F2N3O5/c1-8-43-29(40)16-27(26-15-23(12-21(6)31(26)35)30-19(4)13-24(34)14-20(30)5)37-32(41)28(11-18(2)3)38-17-25(9-10-39)36-22(7)33(38)42/h10,12-15,17-18,27-28H,8-9,11,16H2,1-7H3,(H,37,41)/t27-,28-/m0/s1. The van der Waals surface area contributed by atoms with Crippen molar-refractivity contribution in [2.24, 2.45) is 5.92 Å². The number of aryl methyl sites for hydroxylation is 4. The summed E-state index contributed by atoms with van der Waals surface area (Å²) >= 11 is 0. The maximum absolute atomic E-state index is 15.8. The van der Waals surface area contributed by atoms with E-state index in [2.05, 4.69) is 10.3 Å². The Bertz CT molecular complexity index is 1560. The Labute approximate surface area is 250 Å². The predicted octanol–water partition coefficient (Wildman–Crippen LogP) is 5.56. The summed E-state index contributed by atoms with van der Waals surface area (Å²) in [7, 11) is 0. The molecular weight excluding hydrogens is 556 g/mol. The van der Waals surface area contributed by atoms with E-state index in [9.17, 15) is 23.6 Å². The van der Waals surface area contributed by atoms with Crippen molar-refractivity contribution in [3.8, 4) is 11.1 Å². The lowest BCUT2D eigenvalue weighted by Gasteiger charge is -2.26. The monoisotopic (exact) mass is 595 g/mol. The van der Waals surface area contributed by atoms with Crippen LogP contribution in [0.25, 0.3) is 11.1 Å². The van der Waals surface area contributed by atoms with Gasteiger partial charge in [-0.1, -0.05) is 13.8 Å². The Morgan fingerprint density at radius 1 is 1.05 bits per heavy atom. The number of rotatable bonds is 12. The van der Waals surface area contributed by atoms with Gasteiger partial charge >= 0.3 is 5.97 Å². The van der Waals surface area contributed by atoms with E-state index in [-0.39, 0.29) is 54.4 Å². The highest BCUT2D eigenvalue weighted by atomic mass is 19.1. The topological polar surface area (TPSA) is 107 Å². The molecule has 0 aliphatic carbocycles. The largest absolute Gasteiger partial charge is 0.466 e. The van der Waals surface area contributed by atoms with E-state index in [0.717, 1.165) is 0 Å². The van der Waals surface area contributed by atoms with Crippen LogP contribution in [0.15, 0.2) is 35.3 Å². The van der Waals surface area contributed by atoms with Gasteiger partial charge in [0.05, 0.1) is 24.8 Å². The van der Waals surface area contributed by atoms with E-state index in [1.165, 1.54) is 29.8 Å². The number of hydrogen-bond acceptors (Lipinski definition) is 6. The van der Waals surface area contributed by atoms with Gasteiger partial charge in [0.2, 0.25) is 5.91 Å². The molecule has 1 heterocycles. The van der Waals surface area contributed by atoms with Crippen molar-refractivity contribution in [2.45, 2.75) is 79.8 Å². The molecule has 43 heavy (non-hydrogen) atoms. The Hall–Kier alpha value is -4.21. The van der Waals surface area contributed by atoms with E-state index in [1.54, 1.807) is 39.8 Å². The van der Waals surface area contributed by atoms with Gasteiger partial charge in [0.1, 0.15) is 29.7 Å². The molecule has 0 aliphatic heterocycles. The van der Waals surface area contributed by atoms with Crippen molar-refractivity contribution in [3.63, 3.8) is 0 Å². The summed E-state index contributed by atoms with van der Waals surface area (Å²) in [4.78, 5) is 55.1. The lowest BCUT2D eigenvalue weighted by Crippen LogP contribution is -2.41. The second kappa shape index (κ2) is 14.3. The molecular formula is C33H39F2N3O5. The van der Waals surface area contributed by atoms with E-state index < -0.39 is 35.3 Å². The predicted molar refractivity (Wildman–Crippen MR) is 160 cm³/mol. The molecule has 0 radical (unpaired) electrons. The number of aromatic nitrogens is 2. The number of nitrogens with zero attached hydrogens (tertiary/aromatic N) is 2. The van der Waals surface area contributed by atoms with Crippen LogP contribution in [0.4, 0.5) is 8.78 Å². The van der Waals surface area contributed by atoms with Gasteiger partial charge in [-0.05, 0) is 99.0 Å². The summed E-state index contributed by atoms with van der Waals surface area (Å²) in [6.07, 6.45) is 1.89. The van der Waals surface area contributed by atoms with E-state index >= 15 is 4.39 Å². The smallest absolute Gasteiger partial charge is 0.308 e. The minimum atomic E-state index is -1.14. The number of benzene rings is 2. The Morgan fingerprint density at radius 3 is 2.28 bits per heavy atom. The molecule has 0 aliphatic rings. The molecule has 0 unspecified atom stereocenters. The van der Waals surface area contributed by atoms with Crippen molar-refractivity contribution in [3.05, 3.63) is 86.1 Å². The van der Waals surface area contributed by atoms with Crippen LogP contribution >= 0.6 is 0 Å². The second-order valence-corrected chi connectivity index (χ2v) is 11.2. The lowest BCUT2D eigenvalue weighted by atomic mass is 9.90. The van der Waals surface area contributed by atoms with Gasteiger partial charge in [-0.2, -0.15) is 0 Å². The number of esters is 1. The number of carbonyl (C=O) groups is 3. The number of carbonyl (C=O) groups excluding carboxylic acids is 3. The second-order valence-electron chi connectivity index (χ2n) is 11.2. The zero-order valence-electron chi connectivity index (χ0n) is 25.7. The summed E-state index contributed by atoms with van der Waals surface area (Å²) in [5, 5.41) is 2.82. The molecule has 230 valence electrons. The van der Waals surface area contributed by atoms with E-state index in [0.29, 0.717) is 34.2 Å². The number of halogens is 2. The van der Waals surface area contributed by atoms with Crippen molar-refractivity contribution < 1.29 is 27.9 Å². The van der Waals surface area contributed by atoms with Gasteiger partial charge in [0.15, 0.2) is 0 Å². The lowest BCUT2D eigenvalue weighted by molar-refractivity contribution is -0.144. The number of amides is 1. The number of aldehydes is 1. The van der Waals surface area contributed by atoms with Crippen LogP contribution in [-0.4, -0.2) is 34.3 Å². The summed E-state index contributed by atoms with van der Waals surface area (Å²) < 4.78 is 36.3. The first-order chi connectivity index (χ1) is 20.3. The molecule has 2 atom stereocenters. The van der Waals surface area contributed by atoms with Crippen LogP contribution in [-0.2, 0) is 25.5 Å². The third kappa shape index (κ3) is 8.00. The van der Waals surface area contributed by atoms with Crippen molar-refractivity contribution >= 4 is 18.2 Å². The van der Waals surface area contributed by atoms with Gasteiger partial charge in [-0.3, -0.25) is 23.9 Å². The fraction of sp³-hybridized carbons (Fsp3) is 0.424. The summed E-state index contributed by atoms with van der Waals surface area (Å²) in [5.41, 5.74) is 2.91. The molecule has 10 heteroatoms. The Balaban J connectivity index is 2.16. The first-order valence-corrected chi connectivity index (χ1v) is 14.3. The Morgan fingerprint density at radius 2 is 1.70 bits per heavy atom. The Kier molecular flexibility index (Phi) is 11.1. The normalized spacial score (nSPS) is 12.6. The fourth-order valence-electron chi connectivity index (χ4n) is 5.36. The van der Waals surface area contributed by atoms with Crippen molar-refractivity contribution in [2.75, 3.05) is 6.61 Å². The maximum Gasteiger partial charge on any atom is 0.308 e.